The van der Waals surface area contributed by atoms with Gasteiger partial charge in [0.15, 0.2) is 0 Å². The molecule has 0 radical (unpaired) electrons. The summed E-state index contributed by atoms with van der Waals surface area (Å²) in [7, 11) is 0. The van der Waals surface area contributed by atoms with Gasteiger partial charge in [-0.15, -0.1) is 0 Å². The Morgan fingerprint density at radius 2 is 1.89 bits per heavy atom. The number of rotatable bonds is 1. The summed E-state index contributed by atoms with van der Waals surface area (Å²) >= 11 is 15.5. The van der Waals surface area contributed by atoms with Gasteiger partial charge in [0, 0.05) is 11.8 Å². The lowest BCUT2D eigenvalue weighted by Crippen LogP contribution is -2.30. The molecule has 0 bridgehead atoms. The van der Waals surface area contributed by atoms with Crippen LogP contribution in [-0.4, -0.2) is 14.8 Å². The van der Waals surface area contributed by atoms with Crippen molar-refractivity contribution < 1.29 is 4.92 Å². The van der Waals surface area contributed by atoms with E-state index in [-0.39, 0.29) is 0 Å². The summed E-state index contributed by atoms with van der Waals surface area (Å²) in [6.45, 7) is 1.23. The Kier molecular flexibility index (Phi) is 2.99. The fourth-order valence-corrected chi connectivity index (χ4v) is 0.359. The maximum Gasteiger partial charge on any atom is 0.257 e. The SMILES string of the molecule is CC([N+](=O)[O-])C(Cl)(Cl)Cl. The Hall–Kier alpha value is 0.270. The van der Waals surface area contributed by atoms with Gasteiger partial charge in [-0.1, -0.05) is 34.8 Å². The minimum atomic E-state index is -1.80. The van der Waals surface area contributed by atoms with Crippen molar-refractivity contribution in [3.8, 4) is 0 Å². The van der Waals surface area contributed by atoms with Crippen molar-refractivity contribution >= 4 is 34.8 Å². The summed E-state index contributed by atoms with van der Waals surface area (Å²) in [5.41, 5.74) is 0. The number of halogens is 3. The van der Waals surface area contributed by atoms with Gasteiger partial charge in [-0.3, -0.25) is 10.1 Å². The monoisotopic (exact) mass is 191 g/mol. The summed E-state index contributed by atoms with van der Waals surface area (Å²) in [4.78, 5) is 9.25. The lowest BCUT2D eigenvalue weighted by atomic mass is 10.4. The maximum atomic E-state index is 9.90. The van der Waals surface area contributed by atoms with Gasteiger partial charge in [0.25, 0.3) is 9.83 Å². The minimum Gasteiger partial charge on any atom is -0.264 e. The van der Waals surface area contributed by atoms with Crippen molar-refractivity contribution in [2.75, 3.05) is 0 Å². The van der Waals surface area contributed by atoms with Crippen molar-refractivity contribution in [2.24, 2.45) is 0 Å². The molecule has 0 saturated heterocycles. The molecule has 0 aliphatic rings. The standard InChI is InChI=1S/C3H4Cl3NO2/c1-2(7(8)9)3(4,5)6/h2H,1H3. The normalized spacial score (nSPS) is 15.1. The third kappa shape index (κ3) is 3.08. The first-order valence-electron chi connectivity index (χ1n) is 2.06. The summed E-state index contributed by atoms with van der Waals surface area (Å²) < 4.78 is -1.80. The van der Waals surface area contributed by atoms with Gasteiger partial charge in [-0.25, -0.2) is 0 Å². The molecular weight excluding hydrogens is 188 g/mol. The number of nitro groups is 1. The average Bonchev–Trinajstić information content (AvgIpc) is 1.62. The van der Waals surface area contributed by atoms with E-state index in [1.54, 1.807) is 0 Å². The van der Waals surface area contributed by atoms with Crippen LogP contribution in [0.3, 0.4) is 0 Å². The van der Waals surface area contributed by atoms with E-state index in [9.17, 15) is 10.1 Å². The van der Waals surface area contributed by atoms with Crippen LogP contribution in [0.4, 0.5) is 0 Å². The number of hydrogen-bond acceptors (Lipinski definition) is 2. The molecule has 54 valence electrons. The summed E-state index contributed by atoms with van der Waals surface area (Å²) in [5.74, 6) is 0. The molecule has 0 saturated carbocycles. The van der Waals surface area contributed by atoms with Crippen molar-refractivity contribution in [2.45, 2.75) is 16.8 Å². The highest BCUT2D eigenvalue weighted by molar-refractivity contribution is 6.68. The minimum absolute atomic E-state index is 0.646. The van der Waals surface area contributed by atoms with Crippen LogP contribution in [0.5, 0.6) is 0 Å². The second kappa shape index (κ2) is 2.90. The van der Waals surface area contributed by atoms with E-state index in [4.69, 9.17) is 34.8 Å². The van der Waals surface area contributed by atoms with Gasteiger partial charge in [-0.05, 0) is 0 Å². The molecule has 0 heterocycles. The van der Waals surface area contributed by atoms with E-state index >= 15 is 0 Å². The van der Waals surface area contributed by atoms with E-state index in [0.717, 1.165) is 0 Å². The van der Waals surface area contributed by atoms with E-state index < -0.39 is 14.8 Å². The Balaban J connectivity index is 4.04. The Morgan fingerprint density at radius 1 is 1.56 bits per heavy atom. The molecule has 9 heavy (non-hydrogen) atoms. The molecule has 6 heteroatoms. The predicted molar refractivity (Wildman–Crippen MR) is 36.7 cm³/mol. The van der Waals surface area contributed by atoms with Crippen LogP contribution in [0.1, 0.15) is 6.92 Å². The molecule has 0 spiro atoms. The van der Waals surface area contributed by atoms with Crippen LogP contribution in [0.2, 0.25) is 0 Å². The molecule has 0 amide bonds. The second-order valence-corrected chi connectivity index (χ2v) is 3.87. The van der Waals surface area contributed by atoms with E-state index in [1.807, 2.05) is 0 Å². The first kappa shape index (κ1) is 9.27. The fourth-order valence-electron chi connectivity index (χ4n) is 0.120. The van der Waals surface area contributed by atoms with Crippen LogP contribution in [0.15, 0.2) is 0 Å². The number of nitrogens with zero attached hydrogens (tertiary/aromatic N) is 1. The molecule has 0 aliphatic heterocycles. The Bertz CT molecular complexity index is 121. The highest BCUT2D eigenvalue weighted by Gasteiger charge is 2.37. The first-order valence-corrected chi connectivity index (χ1v) is 3.19. The molecule has 0 N–H and O–H groups in total. The van der Waals surface area contributed by atoms with E-state index in [1.165, 1.54) is 6.92 Å². The molecule has 0 aromatic heterocycles. The molecule has 1 atom stereocenters. The molecule has 0 aromatic carbocycles. The zero-order valence-corrected chi connectivity index (χ0v) is 6.74. The van der Waals surface area contributed by atoms with Gasteiger partial charge in [0.2, 0.25) is 0 Å². The molecule has 0 aromatic rings. The van der Waals surface area contributed by atoms with Crippen LogP contribution >= 0.6 is 34.8 Å². The zero-order valence-electron chi connectivity index (χ0n) is 4.47. The number of hydrogen-bond donors (Lipinski definition) is 0. The van der Waals surface area contributed by atoms with Crippen molar-refractivity contribution in [1.29, 1.82) is 0 Å². The Morgan fingerprint density at radius 3 is 1.89 bits per heavy atom. The molecule has 1 unspecified atom stereocenters. The van der Waals surface area contributed by atoms with Crippen molar-refractivity contribution in [3.05, 3.63) is 10.1 Å². The van der Waals surface area contributed by atoms with Crippen molar-refractivity contribution in [3.63, 3.8) is 0 Å². The topological polar surface area (TPSA) is 43.1 Å². The van der Waals surface area contributed by atoms with Crippen LogP contribution < -0.4 is 0 Å². The second-order valence-electron chi connectivity index (χ2n) is 1.50. The molecule has 0 aliphatic carbocycles. The van der Waals surface area contributed by atoms with Crippen LogP contribution in [0, 0.1) is 10.1 Å². The average molecular weight is 192 g/mol. The Labute approximate surface area is 67.0 Å². The van der Waals surface area contributed by atoms with Gasteiger partial charge in [-0.2, -0.15) is 0 Å². The lowest BCUT2D eigenvalue weighted by Gasteiger charge is -2.10. The first-order chi connectivity index (χ1) is 3.85. The van der Waals surface area contributed by atoms with Crippen LogP contribution in [0.25, 0.3) is 0 Å². The van der Waals surface area contributed by atoms with Crippen LogP contribution in [-0.2, 0) is 0 Å². The lowest BCUT2D eigenvalue weighted by molar-refractivity contribution is -0.516. The zero-order chi connectivity index (χ0) is 7.65. The van der Waals surface area contributed by atoms with E-state index in [0.29, 0.717) is 0 Å². The highest BCUT2D eigenvalue weighted by atomic mass is 35.6. The maximum absolute atomic E-state index is 9.90. The molecule has 3 nitrogen and oxygen atoms in total. The summed E-state index contributed by atoms with van der Waals surface area (Å²) in [6.07, 6.45) is 0. The van der Waals surface area contributed by atoms with Gasteiger partial charge in [0.05, 0.1) is 0 Å². The van der Waals surface area contributed by atoms with Gasteiger partial charge < -0.3 is 0 Å². The van der Waals surface area contributed by atoms with E-state index in [2.05, 4.69) is 0 Å². The van der Waals surface area contributed by atoms with Crippen molar-refractivity contribution in [1.82, 2.24) is 0 Å². The van der Waals surface area contributed by atoms with Gasteiger partial charge >= 0.3 is 0 Å². The molecule has 0 fully saturated rings. The van der Waals surface area contributed by atoms with Gasteiger partial charge in [0.1, 0.15) is 0 Å². The largest absolute Gasteiger partial charge is 0.264 e. The summed E-state index contributed by atoms with van der Waals surface area (Å²) in [5, 5.41) is 9.90. The highest BCUT2D eigenvalue weighted by Crippen LogP contribution is 2.31. The molecule has 0 rings (SSSR count). The quantitative estimate of drug-likeness (QED) is 0.362. The smallest absolute Gasteiger partial charge is 0.257 e. The predicted octanol–water partition coefficient (Wildman–Crippen LogP) is 2.02. The third-order valence-electron chi connectivity index (χ3n) is 0.790. The fraction of sp³-hybridized carbons (Fsp3) is 1.00. The summed E-state index contributed by atoms with van der Waals surface area (Å²) in [6, 6.07) is -1.16. The molecular formula is C3H4Cl3NO2. The third-order valence-corrected chi connectivity index (χ3v) is 1.74. The number of alkyl halides is 3.